The molecule has 2 aromatic rings. The number of alkyl halides is 3. The van der Waals surface area contributed by atoms with Crippen LogP contribution in [0, 0.1) is 0 Å². The molecule has 0 amide bonds. The lowest BCUT2D eigenvalue weighted by Crippen LogP contribution is -2.28. The van der Waals surface area contributed by atoms with E-state index >= 15 is 0 Å². The van der Waals surface area contributed by atoms with Crippen LogP contribution in [0.1, 0.15) is 25.3 Å². The Morgan fingerprint density at radius 3 is 2.27 bits per heavy atom. The van der Waals surface area contributed by atoms with Gasteiger partial charge in [0.1, 0.15) is 11.5 Å². The van der Waals surface area contributed by atoms with Crippen LogP contribution < -0.4 is 9.47 Å². The minimum absolute atomic E-state index is 0.0325. The third-order valence-electron chi connectivity index (χ3n) is 3.40. The smallest absolute Gasteiger partial charge is 0.417 e. The molecule has 0 bridgehead atoms. The summed E-state index contributed by atoms with van der Waals surface area (Å²) in [6, 6.07) is 8.34. The van der Waals surface area contributed by atoms with E-state index < -0.39 is 23.8 Å². The molecule has 5 nitrogen and oxygen atoms in total. The molecule has 1 aromatic carbocycles. The number of benzene rings is 1. The highest BCUT2D eigenvalue weighted by atomic mass is 19.4. The first-order valence-electron chi connectivity index (χ1n) is 7.89. The fourth-order valence-electron chi connectivity index (χ4n) is 2.10. The van der Waals surface area contributed by atoms with Crippen molar-refractivity contribution in [2.24, 2.45) is 0 Å². The summed E-state index contributed by atoms with van der Waals surface area (Å²) in [4.78, 5) is 15.3. The Balaban J connectivity index is 2.01. The maximum atomic E-state index is 12.5. The molecule has 140 valence electrons. The zero-order valence-corrected chi connectivity index (χ0v) is 14.2. The Labute approximate surface area is 148 Å². The predicted octanol–water partition coefficient (Wildman–Crippen LogP) is 4.61. The molecule has 1 heterocycles. The van der Waals surface area contributed by atoms with Gasteiger partial charge in [-0.25, -0.2) is 9.78 Å². The second-order valence-corrected chi connectivity index (χ2v) is 5.37. The van der Waals surface area contributed by atoms with Crippen LogP contribution >= 0.6 is 0 Å². The molecule has 0 aliphatic rings. The number of nitrogens with zero attached hydrogens (tertiary/aromatic N) is 1. The molecule has 0 saturated heterocycles. The monoisotopic (exact) mass is 369 g/mol. The number of carbonyl (C=O) groups is 1. The third kappa shape index (κ3) is 5.37. The van der Waals surface area contributed by atoms with E-state index in [0.717, 1.165) is 18.6 Å². The normalized spacial score (nSPS) is 12.3. The van der Waals surface area contributed by atoms with Gasteiger partial charge in [-0.2, -0.15) is 13.2 Å². The van der Waals surface area contributed by atoms with Gasteiger partial charge in [0.15, 0.2) is 6.10 Å². The number of ether oxygens (including phenoxy) is 3. The average molecular weight is 369 g/mol. The van der Waals surface area contributed by atoms with Crippen LogP contribution in [0.3, 0.4) is 0 Å². The highest BCUT2D eigenvalue weighted by Gasteiger charge is 2.30. The van der Waals surface area contributed by atoms with Crippen LogP contribution in [0.4, 0.5) is 13.2 Å². The van der Waals surface area contributed by atoms with Gasteiger partial charge in [-0.15, -0.1) is 0 Å². The summed E-state index contributed by atoms with van der Waals surface area (Å²) in [7, 11) is 1.29. The van der Waals surface area contributed by atoms with Crippen LogP contribution in [-0.4, -0.2) is 24.2 Å². The fraction of sp³-hybridized carbons (Fsp3) is 0.333. The molecule has 0 aliphatic carbocycles. The minimum atomic E-state index is -4.45. The SMILES string of the molecule is CCCC(Oc1ccc(Oc2ccc(C(F)(F)F)cn2)cc1)C(=O)OC. The van der Waals surface area contributed by atoms with Crippen LogP contribution in [0.2, 0.25) is 0 Å². The molecule has 0 aliphatic heterocycles. The number of halogens is 3. The minimum Gasteiger partial charge on any atom is -0.479 e. The van der Waals surface area contributed by atoms with Crippen molar-refractivity contribution < 1.29 is 32.2 Å². The largest absolute Gasteiger partial charge is 0.479 e. The predicted molar refractivity (Wildman–Crippen MR) is 87.1 cm³/mol. The Morgan fingerprint density at radius 2 is 1.77 bits per heavy atom. The Kier molecular flexibility index (Phi) is 6.43. The van der Waals surface area contributed by atoms with Gasteiger partial charge >= 0.3 is 12.1 Å². The summed E-state index contributed by atoms with van der Waals surface area (Å²) in [5, 5.41) is 0. The summed E-state index contributed by atoms with van der Waals surface area (Å²) in [5.41, 5.74) is -0.849. The molecule has 0 fully saturated rings. The zero-order chi connectivity index (χ0) is 19.2. The molecule has 1 aromatic heterocycles. The maximum Gasteiger partial charge on any atom is 0.417 e. The van der Waals surface area contributed by atoms with Gasteiger partial charge in [0, 0.05) is 12.3 Å². The molecule has 1 atom stereocenters. The molecule has 2 rings (SSSR count). The number of pyridine rings is 1. The Morgan fingerprint density at radius 1 is 1.12 bits per heavy atom. The van der Waals surface area contributed by atoms with Gasteiger partial charge in [-0.1, -0.05) is 13.3 Å². The molecular weight excluding hydrogens is 351 g/mol. The Bertz CT molecular complexity index is 715. The number of hydrogen-bond acceptors (Lipinski definition) is 5. The van der Waals surface area contributed by atoms with E-state index in [4.69, 9.17) is 14.2 Å². The quantitative estimate of drug-likeness (QED) is 0.667. The molecule has 26 heavy (non-hydrogen) atoms. The van der Waals surface area contributed by atoms with Crippen molar-refractivity contribution in [3.63, 3.8) is 0 Å². The van der Waals surface area contributed by atoms with Crippen molar-refractivity contribution >= 4 is 5.97 Å². The lowest BCUT2D eigenvalue weighted by atomic mass is 10.2. The van der Waals surface area contributed by atoms with Gasteiger partial charge in [-0.3, -0.25) is 0 Å². The van der Waals surface area contributed by atoms with E-state index in [1.807, 2.05) is 6.92 Å². The van der Waals surface area contributed by atoms with Gasteiger partial charge in [-0.05, 0) is 36.8 Å². The summed E-state index contributed by atoms with van der Waals surface area (Å²) in [6.45, 7) is 1.92. The molecule has 0 radical (unpaired) electrons. The number of methoxy groups -OCH3 is 1. The van der Waals surface area contributed by atoms with Crippen molar-refractivity contribution in [2.75, 3.05) is 7.11 Å². The number of hydrogen-bond donors (Lipinski definition) is 0. The maximum absolute atomic E-state index is 12.5. The first kappa shape index (κ1) is 19.6. The summed E-state index contributed by atoms with van der Waals surface area (Å²) in [5.74, 6) is 0.391. The highest BCUT2D eigenvalue weighted by Crippen LogP contribution is 2.30. The van der Waals surface area contributed by atoms with Crippen LogP contribution in [0.15, 0.2) is 42.6 Å². The van der Waals surface area contributed by atoms with Crippen molar-refractivity contribution in [3.05, 3.63) is 48.2 Å². The lowest BCUT2D eigenvalue weighted by molar-refractivity contribution is -0.149. The van der Waals surface area contributed by atoms with Crippen molar-refractivity contribution in [3.8, 4) is 17.4 Å². The van der Waals surface area contributed by atoms with E-state index in [-0.39, 0.29) is 5.88 Å². The molecule has 8 heteroatoms. The summed E-state index contributed by atoms with van der Waals surface area (Å²) in [6.07, 6.45) is -3.17. The second-order valence-electron chi connectivity index (χ2n) is 5.37. The van der Waals surface area contributed by atoms with Crippen LogP contribution in [0.25, 0.3) is 0 Å². The fourth-order valence-corrected chi connectivity index (χ4v) is 2.10. The topological polar surface area (TPSA) is 57.7 Å². The number of aromatic nitrogens is 1. The average Bonchev–Trinajstić information content (AvgIpc) is 2.62. The van der Waals surface area contributed by atoms with Crippen molar-refractivity contribution in [1.82, 2.24) is 4.98 Å². The molecule has 0 spiro atoms. The van der Waals surface area contributed by atoms with Crippen molar-refractivity contribution in [1.29, 1.82) is 0 Å². The number of esters is 1. The van der Waals surface area contributed by atoms with Crippen molar-refractivity contribution in [2.45, 2.75) is 32.0 Å². The van der Waals surface area contributed by atoms with E-state index in [9.17, 15) is 18.0 Å². The number of carbonyl (C=O) groups excluding carboxylic acids is 1. The lowest BCUT2D eigenvalue weighted by Gasteiger charge is -2.16. The van der Waals surface area contributed by atoms with Gasteiger partial charge in [0.05, 0.1) is 12.7 Å². The molecule has 0 saturated carbocycles. The summed E-state index contributed by atoms with van der Waals surface area (Å²) < 4.78 is 53.2. The molecule has 0 N–H and O–H groups in total. The molecule has 1 unspecified atom stereocenters. The van der Waals surface area contributed by atoms with Crippen LogP contribution in [0.5, 0.6) is 17.4 Å². The standard InChI is InChI=1S/C18H18F3NO4/c1-3-4-15(17(23)24-2)25-13-6-8-14(9-7-13)26-16-10-5-12(11-22-16)18(19,20)21/h5-11,15H,3-4H2,1-2H3. The highest BCUT2D eigenvalue weighted by molar-refractivity contribution is 5.74. The van der Waals surface area contributed by atoms with Gasteiger partial charge in [0.2, 0.25) is 5.88 Å². The first-order valence-corrected chi connectivity index (χ1v) is 7.89. The summed E-state index contributed by atoms with van der Waals surface area (Å²) >= 11 is 0. The third-order valence-corrected chi connectivity index (χ3v) is 3.40. The van der Waals surface area contributed by atoms with E-state index in [1.54, 1.807) is 24.3 Å². The zero-order valence-electron chi connectivity index (χ0n) is 14.2. The van der Waals surface area contributed by atoms with Gasteiger partial charge in [0.25, 0.3) is 0 Å². The Hall–Kier alpha value is -2.77. The number of rotatable bonds is 7. The van der Waals surface area contributed by atoms with Crippen LogP contribution in [-0.2, 0) is 15.7 Å². The van der Waals surface area contributed by atoms with E-state index in [1.165, 1.54) is 7.11 Å². The second kappa shape index (κ2) is 8.55. The van der Waals surface area contributed by atoms with Gasteiger partial charge < -0.3 is 14.2 Å². The van der Waals surface area contributed by atoms with E-state index in [2.05, 4.69) is 4.98 Å². The first-order chi connectivity index (χ1) is 12.3. The van der Waals surface area contributed by atoms with E-state index in [0.29, 0.717) is 24.1 Å². The molecular formula is C18H18F3NO4.